The summed E-state index contributed by atoms with van der Waals surface area (Å²) in [6.45, 7) is 7.30. The Morgan fingerprint density at radius 3 is 2.38 bits per heavy atom. The highest BCUT2D eigenvalue weighted by Crippen LogP contribution is 2.28. The number of ether oxygens (including phenoxy) is 1. The Hall–Kier alpha value is -2.73. The first kappa shape index (κ1) is 18.1. The average Bonchev–Trinajstić information content (AvgIpc) is 2.68. The number of likely N-dealkylation sites (N-methyl/N-ethyl adjacent to an activating group) is 1. The molecule has 2 aromatic carbocycles. The van der Waals surface area contributed by atoms with Gasteiger partial charge in [-0.3, -0.25) is 4.79 Å². The molecule has 0 spiro atoms. The number of rotatable bonds is 5. The smallest absolute Gasteiger partial charge is 0.255 e. The van der Waals surface area contributed by atoms with Crippen molar-refractivity contribution in [3.8, 4) is 5.75 Å². The number of nitrogens with zero attached hydrogens (tertiary/aromatic N) is 2. The molecule has 6 nitrogen and oxygen atoms in total. The third-order valence-corrected chi connectivity index (χ3v) is 4.80. The summed E-state index contributed by atoms with van der Waals surface area (Å²) in [5.74, 6) is 0.551. The molecule has 6 heteroatoms. The minimum absolute atomic E-state index is 0.170. The van der Waals surface area contributed by atoms with E-state index in [2.05, 4.69) is 22.0 Å². The summed E-state index contributed by atoms with van der Waals surface area (Å²) in [7, 11) is 1.60. The molecule has 138 valence electrons. The molecule has 1 aliphatic heterocycles. The molecular formula is C20H26N4O2. The Morgan fingerprint density at radius 1 is 1.12 bits per heavy atom. The van der Waals surface area contributed by atoms with E-state index in [9.17, 15) is 4.79 Å². The van der Waals surface area contributed by atoms with Crippen LogP contribution in [0.1, 0.15) is 17.3 Å². The van der Waals surface area contributed by atoms with Crippen molar-refractivity contribution in [3.05, 3.63) is 48.0 Å². The van der Waals surface area contributed by atoms with Crippen LogP contribution in [0.5, 0.6) is 5.75 Å². The van der Waals surface area contributed by atoms with E-state index in [0.717, 1.165) is 44.2 Å². The van der Waals surface area contributed by atoms with Gasteiger partial charge in [0.2, 0.25) is 0 Å². The van der Waals surface area contributed by atoms with E-state index in [4.69, 9.17) is 10.5 Å². The van der Waals surface area contributed by atoms with Crippen LogP contribution in [0.25, 0.3) is 0 Å². The summed E-state index contributed by atoms with van der Waals surface area (Å²) in [6, 6.07) is 12.7. The van der Waals surface area contributed by atoms with Crippen LogP contribution < -0.4 is 20.7 Å². The maximum absolute atomic E-state index is 12.4. The van der Waals surface area contributed by atoms with Crippen LogP contribution in [0.15, 0.2) is 42.5 Å². The topological polar surface area (TPSA) is 70.8 Å². The number of methoxy groups -OCH3 is 1. The normalized spacial score (nSPS) is 14.9. The molecule has 1 heterocycles. The van der Waals surface area contributed by atoms with Crippen LogP contribution in [0, 0.1) is 0 Å². The van der Waals surface area contributed by atoms with Crippen LogP contribution in [-0.4, -0.2) is 50.6 Å². The number of anilines is 3. The second-order valence-electron chi connectivity index (χ2n) is 6.38. The lowest BCUT2D eigenvalue weighted by Gasteiger charge is -2.36. The van der Waals surface area contributed by atoms with Crippen LogP contribution in [-0.2, 0) is 0 Å². The Morgan fingerprint density at radius 2 is 1.81 bits per heavy atom. The zero-order valence-corrected chi connectivity index (χ0v) is 15.4. The SMILES string of the molecule is CCN1CCN(c2ccc(NC(=O)c3ccc(OC)cc3)cc2N)CC1. The van der Waals surface area contributed by atoms with Gasteiger partial charge >= 0.3 is 0 Å². The molecule has 1 amide bonds. The van der Waals surface area contributed by atoms with Gasteiger partial charge < -0.3 is 25.6 Å². The van der Waals surface area contributed by atoms with E-state index in [1.54, 1.807) is 31.4 Å². The lowest BCUT2D eigenvalue weighted by molar-refractivity contribution is 0.102. The van der Waals surface area contributed by atoms with Gasteiger partial charge in [-0.2, -0.15) is 0 Å². The van der Waals surface area contributed by atoms with Gasteiger partial charge in [-0.15, -0.1) is 0 Å². The maximum Gasteiger partial charge on any atom is 0.255 e. The van der Waals surface area contributed by atoms with E-state index in [0.29, 0.717) is 16.9 Å². The summed E-state index contributed by atoms with van der Waals surface area (Å²) in [5.41, 5.74) is 9.23. The monoisotopic (exact) mass is 354 g/mol. The molecule has 1 saturated heterocycles. The van der Waals surface area contributed by atoms with Crippen LogP contribution in [0.4, 0.5) is 17.1 Å². The predicted octanol–water partition coefficient (Wildman–Crippen LogP) is 2.67. The molecule has 1 aliphatic rings. The molecule has 2 aromatic rings. The Bertz CT molecular complexity index is 753. The molecule has 1 fully saturated rings. The van der Waals surface area contributed by atoms with Gasteiger partial charge in [0.25, 0.3) is 5.91 Å². The summed E-state index contributed by atoms with van der Waals surface area (Å²) in [4.78, 5) is 17.1. The molecule has 3 rings (SSSR count). The third kappa shape index (κ3) is 4.08. The number of nitrogen functional groups attached to an aromatic ring is 1. The van der Waals surface area contributed by atoms with Crippen molar-refractivity contribution < 1.29 is 9.53 Å². The zero-order valence-electron chi connectivity index (χ0n) is 15.4. The number of benzene rings is 2. The van der Waals surface area contributed by atoms with Crippen molar-refractivity contribution in [2.24, 2.45) is 0 Å². The fourth-order valence-corrected chi connectivity index (χ4v) is 3.17. The number of hydrogen-bond acceptors (Lipinski definition) is 5. The van der Waals surface area contributed by atoms with E-state index >= 15 is 0 Å². The number of carbonyl (C=O) groups is 1. The van der Waals surface area contributed by atoms with Gasteiger partial charge in [0.15, 0.2) is 0 Å². The Balaban J connectivity index is 1.66. The molecule has 0 aromatic heterocycles. The summed E-state index contributed by atoms with van der Waals surface area (Å²) < 4.78 is 5.11. The van der Waals surface area contributed by atoms with Crippen molar-refractivity contribution in [2.45, 2.75) is 6.92 Å². The highest BCUT2D eigenvalue weighted by Gasteiger charge is 2.18. The third-order valence-electron chi connectivity index (χ3n) is 4.80. The summed E-state index contributed by atoms with van der Waals surface area (Å²) in [6.07, 6.45) is 0. The number of carbonyl (C=O) groups excluding carboxylic acids is 1. The molecular weight excluding hydrogens is 328 g/mol. The van der Waals surface area contributed by atoms with Gasteiger partial charge in [0.05, 0.1) is 18.5 Å². The van der Waals surface area contributed by atoms with Crippen molar-refractivity contribution in [1.82, 2.24) is 4.90 Å². The van der Waals surface area contributed by atoms with Crippen molar-refractivity contribution in [2.75, 3.05) is 55.8 Å². The number of nitrogens with one attached hydrogen (secondary N) is 1. The molecule has 0 unspecified atom stereocenters. The summed E-state index contributed by atoms with van der Waals surface area (Å²) in [5, 5.41) is 2.90. The fraction of sp³-hybridized carbons (Fsp3) is 0.350. The molecule has 0 atom stereocenters. The Kier molecular flexibility index (Phi) is 5.63. The highest BCUT2D eigenvalue weighted by atomic mass is 16.5. The van der Waals surface area contributed by atoms with Crippen LogP contribution >= 0.6 is 0 Å². The molecule has 0 aliphatic carbocycles. The van der Waals surface area contributed by atoms with Crippen molar-refractivity contribution >= 4 is 23.0 Å². The first-order chi connectivity index (χ1) is 12.6. The number of nitrogens with two attached hydrogens (primary N) is 1. The first-order valence-electron chi connectivity index (χ1n) is 8.93. The van der Waals surface area contributed by atoms with E-state index in [-0.39, 0.29) is 5.91 Å². The lowest BCUT2D eigenvalue weighted by atomic mass is 10.1. The standard InChI is InChI=1S/C20H26N4O2/c1-3-23-10-12-24(13-11-23)19-9-6-16(14-18(19)21)22-20(25)15-4-7-17(26-2)8-5-15/h4-9,14H,3,10-13,21H2,1-2H3,(H,22,25). The van der Waals surface area contributed by atoms with Gasteiger partial charge in [0.1, 0.15) is 5.75 Å². The Labute approximate surface area is 154 Å². The highest BCUT2D eigenvalue weighted by molar-refractivity contribution is 6.04. The lowest BCUT2D eigenvalue weighted by Crippen LogP contribution is -2.46. The van der Waals surface area contributed by atoms with Crippen LogP contribution in [0.3, 0.4) is 0 Å². The minimum Gasteiger partial charge on any atom is -0.497 e. The average molecular weight is 354 g/mol. The fourth-order valence-electron chi connectivity index (χ4n) is 3.17. The van der Waals surface area contributed by atoms with E-state index in [1.165, 1.54) is 0 Å². The molecule has 3 N–H and O–H groups in total. The second-order valence-corrected chi connectivity index (χ2v) is 6.38. The van der Waals surface area contributed by atoms with Gasteiger partial charge in [-0.05, 0) is 49.0 Å². The van der Waals surface area contributed by atoms with Crippen molar-refractivity contribution in [3.63, 3.8) is 0 Å². The molecule has 0 saturated carbocycles. The molecule has 0 radical (unpaired) electrons. The van der Waals surface area contributed by atoms with Gasteiger partial charge in [-0.1, -0.05) is 6.92 Å². The maximum atomic E-state index is 12.4. The van der Waals surface area contributed by atoms with Crippen LogP contribution in [0.2, 0.25) is 0 Å². The minimum atomic E-state index is -0.170. The number of piperazine rings is 1. The first-order valence-corrected chi connectivity index (χ1v) is 8.93. The summed E-state index contributed by atoms with van der Waals surface area (Å²) >= 11 is 0. The number of hydrogen-bond donors (Lipinski definition) is 2. The zero-order chi connectivity index (χ0) is 18.5. The van der Waals surface area contributed by atoms with Gasteiger partial charge in [-0.25, -0.2) is 0 Å². The molecule has 0 bridgehead atoms. The number of amides is 1. The largest absolute Gasteiger partial charge is 0.497 e. The quantitative estimate of drug-likeness (QED) is 0.808. The predicted molar refractivity (Wildman–Crippen MR) is 106 cm³/mol. The van der Waals surface area contributed by atoms with Crippen molar-refractivity contribution in [1.29, 1.82) is 0 Å². The molecule has 26 heavy (non-hydrogen) atoms. The van der Waals surface area contributed by atoms with Gasteiger partial charge in [0, 0.05) is 37.4 Å². The van der Waals surface area contributed by atoms with E-state index in [1.807, 2.05) is 18.2 Å². The second kappa shape index (κ2) is 8.10. The van der Waals surface area contributed by atoms with E-state index < -0.39 is 0 Å².